The summed E-state index contributed by atoms with van der Waals surface area (Å²) < 4.78 is 6.45. The molecular weight excluding hydrogens is 292 g/mol. The molecule has 2 rings (SSSR count). The molecule has 0 aliphatic rings. The van der Waals surface area contributed by atoms with Crippen molar-refractivity contribution in [3.63, 3.8) is 0 Å². The molecule has 0 aromatic carbocycles. The fraction of sp³-hybridized carbons (Fsp3) is 0.333. The lowest BCUT2D eigenvalue weighted by molar-refractivity contribution is -0.143. The van der Waals surface area contributed by atoms with Gasteiger partial charge in [0.15, 0.2) is 11.3 Å². The number of H-pyrrole nitrogens is 1. The van der Waals surface area contributed by atoms with Crippen LogP contribution in [-0.2, 0) is 16.1 Å². The van der Waals surface area contributed by atoms with Gasteiger partial charge in [0.2, 0.25) is 0 Å². The zero-order valence-corrected chi connectivity index (χ0v) is 10.5. The van der Waals surface area contributed by atoms with Crippen LogP contribution in [0.25, 0.3) is 11.3 Å². The van der Waals surface area contributed by atoms with Gasteiger partial charge in [-0.05, 0) is 22.9 Å². The van der Waals surface area contributed by atoms with Gasteiger partial charge >= 0.3 is 11.7 Å². The van der Waals surface area contributed by atoms with E-state index in [4.69, 9.17) is 4.74 Å². The molecule has 0 aliphatic heterocycles. The Balaban J connectivity index is 2.45. The van der Waals surface area contributed by atoms with Crippen LogP contribution in [0.2, 0.25) is 0 Å². The van der Waals surface area contributed by atoms with E-state index in [0.29, 0.717) is 15.9 Å². The Hall–Kier alpha value is -1.70. The van der Waals surface area contributed by atoms with Crippen LogP contribution >= 0.6 is 15.9 Å². The maximum Gasteiger partial charge on any atom is 0.329 e. The molecule has 2 heterocycles. The molecule has 0 saturated carbocycles. The van der Waals surface area contributed by atoms with Gasteiger partial charge in [0.1, 0.15) is 11.1 Å². The fourth-order valence-electron chi connectivity index (χ4n) is 1.38. The Labute approximate surface area is 104 Å². The lowest BCUT2D eigenvalue weighted by Gasteiger charge is -2.02. The van der Waals surface area contributed by atoms with Crippen LogP contribution in [0.15, 0.2) is 15.6 Å². The Kier molecular flexibility index (Phi) is 3.23. The van der Waals surface area contributed by atoms with Crippen LogP contribution in [-0.4, -0.2) is 32.1 Å². The number of carbonyl (C=O) groups excluding carboxylic acids is 1. The Morgan fingerprint density at radius 1 is 1.65 bits per heavy atom. The number of ether oxygens (including phenoxy) is 1. The molecule has 0 amide bonds. The topological polar surface area (TPSA) is 89.9 Å². The third kappa shape index (κ3) is 2.36. The van der Waals surface area contributed by atoms with Crippen LogP contribution in [0.5, 0.6) is 0 Å². The van der Waals surface area contributed by atoms with E-state index in [-0.39, 0.29) is 13.2 Å². The molecule has 0 fully saturated rings. The van der Waals surface area contributed by atoms with E-state index < -0.39 is 11.7 Å². The molecule has 7 nitrogen and oxygen atoms in total. The van der Waals surface area contributed by atoms with Gasteiger partial charge in [-0.25, -0.2) is 14.8 Å². The highest BCUT2D eigenvalue weighted by Crippen LogP contribution is 2.09. The molecular formula is C9H9BrN4O3. The first kappa shape index (κ1) is 11.8. The first-order chi connectivity index (χ1) is 8.11. The normalized spacial score (nSPS) is 10.7. The standard InChI is InChI=1S/C9H9BrN4O3/c1-2-17-6(15)4-14-8-7(13-9(14)16)11-3-5(10)12-8/h3H,2,4H2,1H3,(H,11,13,16). The number of imidazole rings is 1. The molecule has 0 bridgehead atoms. The first-order valence-corrected chi connectivity index (χ1v) is 5.67. The molecule has 90 valence electrons. The number of esters is 1. The van der Waals surface area contributed by atoms with Crippen molar-refractivity contribution in [1.29, 1.82) is 0 Å². The van der Waals surface area contributed by atoms with Gasteiger partial charge in [0.05, 0.1) is 12.8 Å². The second kappa shape index (κ2) is 4.66. The minimum Gasteiger partial charge on any atom is -0.465 e. The van der Waals surface area contributed by atoms with Crippen molar-refractivity contribution >= 4 is 33.2 Å². The predicted octanol–water partition coefficient (Wildman–Crippen LogP) is 0.445. The van der Waals surface area contributed by atoms with Gasteiger partial charge in [-0.1, -0.05) is 0 Å². The molecule has 0 saturated heterocycles. The molecule has 2 aromatic rings. The second-order valence-electron chi connectivity index (χ2n) is 3.19. The van der Waals surface area contributed by atoms with E-state index in [0.717, 1.165) is 0 Å². The summed E-state index contributed by atoms with van der Waals surface area (Å²) in [4.78, 5) is 33.5. The van der Waals surface area contributed by atoms with Gasteiger partial charge in [0.25, 0.3) is 0 Å². The Bertz CT molecular complexity index is 618. The number of rotatable bonds is 3. The van der Waals surface area contributed by atoms with Crippen LogP contribution in [0.1, 0.15) is 6.92 Å². The van der Waals surface area contributed by atoms with Crippen molar-refractivity contribution in [2.24, 2.45) is 0 Å². The van der Waals surface area contributed by atoms with E-state index in [1.54, 1.807) is 6.92 Å². The summed E-state index contributed by atoms with van der Waals surface area (Å²) in [7, 11) is 0. The molecule has 1 N–H and O–H groups in total. The number of hydrogen-bond acceptors (Lipinski definition) is 5. The molecule has 0 aliphatic carbocycles. The van der Waals surface area contributed by atoms with Crippen molar-refractivity contribution in [2.45, 2.75) is 13.5 Å². The van der Waals surface area contributed by atoms with Gasteiger partial charge in [0, 0.05) is 0 Å². The minimum absolute atomic E-state index is 0.183. The molecule has 2 aromatic heterocycles. The maximum atomic E-state index is 11.6. The lowest BCUT2D eigenvalue weighted by Crippen LogP contribution is -2.23. The largest absolute Gasteiger partial charge is 0.465 e. The Morgan fingerprint density at radius 3 is 3.12 bits per heavy atom. The van der Waals surface area contributed by atoms with Gasteiger partial charge in [-0.2, -0.15) is 0 Å². The number of hydrogen-bond donors (Lipinski definition) is 1. The third-order valence-electron chi connectivity index (χ3n) is 2.04. The van der Waals surface area contributed by atoms with Crippen LogP contribution in [0.4, 0.5) is 0 Å². The number of nitrogens with zero attached hydrogens (tertiary/aromatic N) is 3. The summed E-state index contributed by atoms with van der Waals surface area (Å²) in [5.41, 5.74) is 0.214. The van der Waals surface area contributed by atoms with E-state index in [2.05, 4.69) is 30.9 Å². The average molecular weight is 301 g/mol. The quantitative estimate of drug-likeness (QED) is 0.831. The summed E-state index contributed by atoms with van der Waals surface area (Å²) in [6.07, 6.45) is 1.47. The van der Waals surface area contributed by atoms with E-state index in [1.165, 1.54) is 10.8 Å². The van der Waals surface area contributed by atoms with Crippen molar-refractivity contribution in [3.05, 3.63) is 21.3 Å². The molecule has 8 heteroatoms. The summed E-state index contributed by atoms with van der Waals surface area (Å²) >= 11 is 3.15. The average Bonchev–Trinajstić information content (AvgIpc) is 2.56. The predicted molar refractivity (Wildman–Crippen MR) is 62.5 cm³/mol. The summed E-state index contributed by atoms with van der Waals surface area (Å²) in [6.45, 7) is 1.79. The first-order valence-electron chi connectivity index (χ1n) is 4.88. The molecule has 0 unspecified atom stereocenters. The highest BCUT2D eigenvalue weighted by Gasteiger charge is 2.13. The highest BCUT2D eigenvalue weighted by atomic mass is 79.9. The minimum atomic E-state index is -0.489. The van der Waals surface area contributed by atoms with E-state index in [9.17, 15) is 9.59 Å². The van der Waals surface area contributed by atoms with Crippen LogP contribution in [0.3, 0.4) is 0 Å². The summed E-state index contributed by atoms with van der Waals surface area (Å²) in [6, 6.07) is 0. The van der Waals surface area contributed by atoms with Gasteiger partial charge < -0.3 is 4.74 Å². The fourth-order valence-corrected chi connectivity index (χ4v) is 1.65. The summed E-state index contributed by atoms with van der Waals surface area (Å²) in [5, 5.41) is 0. The lowest BCUT2D eigenvalue weighted by atomic mass is 10.6. The second-order valence-corrected chi connectivity index (χ2v) is 4.00. The highest BCUT2D eigenvalue weighted by molar-refractivity contribution is 9.10. The molecule has 0 spiro atoms. The van der Waals surface area contributed by atoms with Crippen LogP contribution in [0, 0.1) is 0 Å². The van der Waals surface area contributed by atoms with E-state index in [1.807, 2.05) is 0 Å². The van der Waals surface area contributed by atoms with Gasteiger partial charge in [-0.15, -0.1) is 0 Å². The number of halogens is 1. The van der Waals surface area contributed by atoms with Gasteiger partial charge in [-0.3, -0.25) is 14.3 Å². The SMILES string of the molecule is CCOC(=O)Cn1c(=O)[nH]c2ncc(Br)nc21. The van der Waals surface area contributed by atoms with Crippen molar-refractivity contribution in [3.8, 4) is 0 Å². The number of carbonyl (C=O) groups is 1. The molecule has 17 heavy (non-hydrogen) atoms. The summed E-state index contributed by atoms with van der Waals surface area (Å²) in [5.74, 6) is -0.489. The van der Waals surface area contributed by atoms with Crippen molar-refractivity contribution < 1.29 is 9.53 Å². The number of fused-ring (bicyclic) bond motifs is 1. The monoisotopic (exact) mass is 300 g/mol. The molecule has 0 radical (unpaired) electrons. The number of aromatic amines is 1. The smallest absolute Gasteiger partial charge is 0.329 e. The number of nitrogens with one attached hydrogen (secondary N) is 1. The van der Waals surface area contributed by atoms with Crippen molar-refractivity contribution in [1.82, 2.24) is 19.5 Å². The van der Waals surface area contributed by atoms with Crippen molar-refractivity contribution in [2.75, 3.05) is 6.61 Å². The van der Waals surface area contributed by atoms with Crippen LogP contribution < -0.4 is 5.69 Å². The van der Waals surface area contributed by atoms with E-state index >= 15 is 0 Å². The zero-order chi connectivity index (χ0) is 12.4. The maximum absolute atomic E-state index is 11.6. The third-order valence-corrected chi connectivity index (χ3v) is 2.43. The molecule has 0 atom stereocenters. The Morgan fingerprint density at radius 2 is 2.41 bits per heavy atom. The zero-order valence-electron chi connectivity index (χ0n) is 8.94. The number of aromatic nitrogens is 4.